The summed E-state index contributed by atoms with van der Waals surface area (Å²) in [5.41, 5.74) is 6.71. The molecule has 4 heteroatoms. The van der Waals surface area contributed by atoms with Crippen molar-refractivity contribution in [3.8, 4) is 11.5 Å². The van der Waals surface area contributed by atoms with Gasteiger partial charge in [-0.05, 0) is 30.2 Å². The van der Waals surface area contributed by atoms with E-state index in [0.29, 0.717) is 18.4 Å². The highest BCUT2D eigenvalue weighted by molar-refractivity contribution is 5.92. The fourth-order valence-corrected chi connectivity index (χ4v) is 1.73. The number of nitrogens with two attached hydrogens (primary N) is 1. The smallest absolute Gasteiger partial charge is 0.193 e. The van der Waals surface area contributed by atoms with Gasteiger partial charge < -0.3 is 15.8 Å². The van der Waals surface area contributed by atoms with E-state index in [2.05, 4.69) is 24.2 Å². The lowest BCUT2D eigenvalue weighted by molar-refractivity contribution is 0.483. The highest BCUT2D eigenvalue weighted by Crippen LogP contribution is 2.23. The first kappa shape index (κ1) is 14.9. The molecule has 0 saturated carbocycles. The van der Waals surface area contributed by atoms with Crippen molar-refractivity contribution >= 4 is 11.6 Å². The van der Waals surface area contributed by atoms with E-state index in [1.165, 1.54) is 0 Å². The average molecular weight is 283 g/mol. The lowest BCUT2D eigenvalue weighted by atomic mass is 10.2. The second-order valence-electron chi connectivity index (χ2n) is 5.19. The van der Waals surface area contributed by atoms with Crippen LogP contribution in [0.15, 0.2) is 59.6 Å². The summed E-state index contributed by atoms with van der Waals surface area (Å²) in [6, 6.07) is 17.3. The molecule has 110 valence electrons. The summed E-state index contributed by atoms with van der Waals surface area (Å²) in [5, 5.41) is 3.07. The Labute approximate surface area is 125 Å². The molecular formula is C17H21N3O. The molecule has 0 fully saturated rings. The number of para-hydroxylation sites is 1. The van der Waals surface area contributed by atoms with Gasteiger partial charge in [-0.25, -0.2) is 0 Å². The molecule has 0 aliphatic rings. The maximum absolute atomic E-state index is 5.85. The van der Waals surface area contributed by atoms with E-state index in [1.54, 1.807) is 0 Å². The number of benzene rings is 2. The Morgan fingerprint density at radius 2 is 1.81 bits per heavy atom. The quantitative estimate of drug-likeness (QED) is 0.647. The number of nitrogens with zero attached hydrogens (tertiary/aromatic N) is 1. The van der Waals surface area contributed by atoms with Gasteiger partial charge in [0.05, 0.1) is 0 Å². The number of hydrogen-bond acceptors (Lipinski definition) is 2. The van der Waals surface area contributed by atoms with Crippen LogP contribution in [0.3, 0.4) is 0 Å². The first-order valence-corrected chi connectivity index (χ1v) is 7.03. The van der Waals surface area contributed by atoms with Crippen LogP contribution in [0.2, 0.25) is 0 Å². The summed E-state index contributed by atoms with van der Waals surface area (Å²) in [6.07, 6.45) is 0. The predicted molar refractivity (Wildman–Crippen MR) is 87.9 cm³/mol. The summed E-state index contributed by atoms with van der Waals surface area (Å²) in [6.45, 7) is 4.91. The SMILES string of the molecule is CC(C)CN=C(N)Nc1cccc(Oc2ccccc2)c1. The number of hydrogen-bond donors (Lipinski definition) is 2. The van der Waals surface area contributed by atoms with Crippen molar-refractivity contribution in [1.29, 1.82) is 0 Å². The van der Waals surface area contributed by atoms with Crippen molar-refractivity contribution in [2.24, 2.45) is 16.6 Å². The number of nitrogens with one attached hydrogen (secondary N) is 1. The Hall–Kier alpha value is -2.49. The Bertz CT molecular complexity index is 594. The Balaban J connectivity index is 2.02. The van der Waals surface area contributed by atoms with E-state index in [9.17, 15) is 0 Å². The molecule has 21 heavy (non-hydrogen) atoms. The number of aliphatic imine (C=N–C) groups is 1. The standard InChI is InChI=1S/C17H21N3O/c1-13(2)12-19-17(18)20-14-7-6-10-16(11-14)21-15-8-4-3-5-9-15/h3-11,13H,12H2,1-2H3,(H3,18,19,20). The monoisotopic (exact) mass is 283 g/mol. The van der Waals surface area contributed by atoms with Gasteiger partial charge in [0.15, 0.2) is 5.96 Å². The lowest BCUT2D eigenvalue weighted by Crippen LogP contribution is -2.23. The molecule has 0 aromatic heterocycles. The number of anilines is 1. The van der Waals surface area contributed by atoms with Crippen molar-refractivity contribution in [2.45, 2.75) is 13.8 Å². The molecule has 0 radical (unpaired) electrons. The van der Waals surface area contributed by atoms with Crippen LogP contribution in [0, 0.1) is 5.92 Å². The van der Waals surface area contributed by atoms with Gasteiger partial charge in [0.2, 0.25) is 0 Å². The third kappa shape index (κ3) is 5.18. The highest BCUT2D eigenvalue weighted by Gasteiger charge is 2.00. The predicted octanol–water partition coefficient (Wildman–Crippen LogP) is 3.86. The molecule has 0 saturated heterocycles. The second-order valence-corrected chi connectivity index (χ2v) is 5.19. The molecule has 2 aromatic carbocycles. The average Bonchev–Trinajstić information content (AvgIpc) is 2.46. The van der Waals surface area contributed by atoms with Crippen LogP contribution in [-0.2, 0) is 0 Å². The van der Waals surface area contributed by atoms with E-state index >= 15 is 0 Å². The van der Waals surface area contributed by atoms with Crippen LogP contribution in [0.5, 0.6) is 11.5 Å². The van der Waals surface area contributed by atoms with Crippen molar-refractivity contribution in [3.05, 3.63) is 54.6 Å². The van der Waals surface area contributed by atoms with Crippen LogP contribution < -0.4 is 15.8 Å². The fraction of sp³-hybridized carbons (Fsp3) is 0.235. The summed E-state index contributed by atoms with van der Waals surface area (Å²) in [5.74, 6) is 2.46. The molecule has 0 heterocycles. The minimum atomic E-state index is 0.417. The van der Waals surface area contributed by atoms with Gasteiger partial charge in [0.1, 0.15) is 11.5 Å². The van der Waals surface area contributed by atoms with Crippen LogP contribution in [-0.4, -0.2) is 12.5 Å². The van der Waals surface area contributed by atoms with Crippen LogP contribution in [0.1, 0.15) is 13.8 Å². The molecule has 0 aliphatic heterocycles. The fourth-order valence-electron chi connectivity index (χ4n) is 1.73. The Morgan fingerprint density at radius 1 is 1.10 bits per heavy atom. The van der Waals surface area contributed by atoms with Crippen LogP contribution >= 0.6 is 0 Å². The lowest BCUT2D eigenvalue weighted by Gasteiger charge is -2.09. The molecule has 0 spiro atoms. The highest BCUT2D eigenvalue weighted by atomic mass is 16.5. The summed E-state index contributed by atoms with van der Waals surface area (Å²) < 4.78 is 5.78. The van der Waals surface area contributed by atoms with Crippen molar-refractivity contribution < 1.29 is 4.74 Å². The van der Waals surface area contributed by atoms with Gasteiger partial charge in [0.25, 0.3) is 0 Å². The summed E-state index contributed by atoms with van der Waals surface area (Å²) in [4.78, 5) is 4.28. The van der Waals surface area contributed by atoms with Gasteiger partial charge in [-0.1, -0.05) is 38.1 Å². The van der Waals surface area contributed by atoms with E-state index in [0.717, 1.165) is 17.2 Å². The maximum atomic E-state index is 5.85. The van der Waals surface area contributed by atoms with Gasteiger partial charge in [0, 0.05) is 18.3 Å². The molecule has 0 unspecified atom stereocenters. The molecule has 4 nitrogen and oxygen atoms in total. The minimum Gasteiger partial charge on any atom is -0.457 e. The summed E-state index contributed by atoms with van der Waals surface area (Å²) in [7, 11) is 0. The minimum absolute atomic E-state index is 0.417. The first-order valence-electron chi connectivity index (χ1n) is 7.03. The third-order valence-electron chi connectivity index (χ3n) is 2.71. The maximum Gasteiger partial charge on any atom is 0.193 e. The van der Waals surface area contributed by atoms with E-state index < -0.39 is 0 Å². The third-order valence-corrected chi connectivity index (χ3v) is 2.71. The zero-order valence-electron chi connectivity index (χ0n) is 12.4. The van der Waals surface area contributed by atoms with Gasteiger partial charge in [-0.15, -0.1) is 0 Å². The second kappa shape index (κ2) is 7.33. The molecule has 3 N–H and O–H groups in total. The van der Waals surface area contributed by atoms with Crippen LogP contribution in [0.4, 0.5) is 5.69 Å². The Kier molecular flexibility index (Phi) is 5.21. The van der Waals surface area contributed by atoms with E-state index in [1.807, 2.05) is 54.6 Å². The normalized spacial score (nSPS) is 11.5. The van der Waals surface area contributed by atoms with Crippen molar-refractivity contribution in [2.75, 3.05) is 11.9 Å². The Morgan fingerprint density at radius 3 is 2.52 bits per heavy atom. The number of ether oxygens (including phenoxy) is 1. The summed E-state index contributed by atoms with van der Waals surface area (Å²) >= 11 is 0. The zero-order chi connectivity index (χ0) is 15.1. The molecule has 0 atom stereocenters. The van der Waals surface area contributed by atoms with Gasteiger partial charge in [-0.2, -0.15) is 0 Å². The molecule has 0 amide bonds. The van der Waals surface area contributed by atoms with Crippen LogP contribution in [0.25, 0.3) is 0 Å². The first-order chi connectivity index (χ1) is 10.1. The number of rotatable bonds is 5. The largest absolute Gasteiger partial charge is 0.457 e. The molecular weight excluding hydrogens is 262 g/mol. The molecule has 2 aromatic rings. The van der Waals surface area contributed by atoms with E-state index in [4.69, 9.17) is 10.5 Å². The van der Waals surface area contributed by atoms with Crippen molar-refractivity contribution in [1.82, 2.24) is 0 Å². The van der Waals surface area contributed by atoms with Gasteiger partial charge in [-0.3, -0.25) is 4.99 Å². The molecule has 0 bridgehead atoms. The van der Waals surface area contributed by atoms with Gasteiger partial charge >= 0.3 is 0 Å². The molecule has 0 aliphatic carbocycles. The van der Waals surface area contributed by atoms with E-state index in [-0.39, 0.29) is 0 Å². The zero-order valence-corrected chi connectivity index (χ0v) is 12.4. The number of guanidine groups is 1. The molecule has 2 rings (SSSR count). The van der Waals surface area contributed by atoms with Crippen molar-refractivity contribution in [3.63, 3.8) is 0 Å². The topological polar surface area (TPSA) is 59.6 Å².